The highest BCUT2D eigenvalue weighted by Crippen LogP contribution is 2.71. The molecule has 2 aliphatic rings. The van der Waals surface area contributed by atoms with Gasteiger partial charge in [0.05, 0.1) is 11.2 Å². The lowest BCUT2D eigenvalue weighted by Gasteiger charge is -2.51. The van der Waals surface area contributed by atoms with Crippen molar-refractivity contribution in [3.63, 3.8) is 0 Å². The molecule has 34 heavy (non-hydrogen) atoms. The maximum absolute atomic E-state index is 15.6. The third-order valence-electron chi connectivity index (χ3n) is 7.91. The van der Waals surface area contributed by atoms with Gasteiger partial charge in [-0.15, -0.1) is 0 Å². The van der Waals surface area contributed by atoms with Gasteiger partial charge in [0, 0.05) is 16.1 Å². The molecular formula is C27H32ClFN2O3. The van der Waals surface area contributed by atoms with Crippen LogP contribution in [0.15, 0.2) is 42.5 Å². The summed E-state index contributed by atoms with van der Waals surface area (Å²) in [4.78, 5) is 28.1. The summed E-state index contributed by atoms with van der Waals surface area (Å²) in [6.07, 6.45) is 0.00687. The van der Waals surface area contributed by atoms with Gasteiger partial charge in [0.2, 0.25) is 0 Å². The molecule has 2 N–H and O–H groups in total. The summed E-state index contributed by atoms with van der Waals surface area (Å²) >= 11 is 6.28. The molecule has 1 aliphatic carbocycles. The maximum Gasteiger partial charge on any atom is 0.408 e. The van der Waals surface area contributed by atoms with Crippen LogP contribution in [0, 0.1) is 22.6 Å². The first-order valence-corrected chi connectivity index (χ1v) is 11.9. The van der Waals surface area contributed by atoms with E-state index in [0.717, 1.165) is 6.42 Å². The van der Waals surface area contributed by atoms with Crippen LogP contribution < -0.4 is 5.32 Å². The third kappa shape index (κ3) is 3.33. The van der Waals surface area contributed by atoms with Crippen molar-refractivity contribution in [2.45, 2.75) is 65.5 Å². The summed E-state index contributed by atoms with van der Waals surface area (Å²) < 4.78 is 15.6. The van der Waals surface area contributed by atoms with Crippen LogP contribution >= 0.6 is 11.6 Å². The molecule has 3 atom stereocenters. The standard InChI is InChI=1S/C27H32ClFN2O3/c1-24(2,3)26-14-16(26)15-27(25(4,5)6,31(26)23(33)34)22(32)30-20-13-9-11-18(21(20)29)17-10-7-8-12-19(17)28/h7-13,16H,14-15H2,1-6H3,(H,30,32)(H,33,34)/t16-,26-,27-/m1/s1. The SMILES string of the molecule is CC(C)(C)[C@]1(C(=O)Nc2cccc(-c3ccccc3Cl)c2F)C[C@H]2C[C@@]2(C(C)(C)C)N1C(=O)O. The van der Waals surface area contributed by atoms with Crippen molar-refractivity contribution < 1.29 is 19.1 Å². The second kappa shape index (κ2) is 7.70. The van der Waals surface area contributed by atoms with Crippen molar-refractivity contribution in [1.29, 1.82) is 0 Å². The Bertz CT molecular complexity index is 1170. The minimum atomic E-state index is -1.35. The van der Waals surface area contributed by atoms with E-state index in [2.05, 4.69) is 5.32 Å². The van der Waals surface area contributed by atoms with Crippen molar-refractivity contribution in [3.8, 4) is 11.1 Å². The fourth-order valence-corrected chi connectivity index (χ4v) is 6.36. The van der Waals surface area contributed by atoms with Crippen LogP contribution in [0.1, 0.15) is 54.4 Å². The van der Waals surface area contributed by atoms with Crippen LogP contribution in [0.25, 0.3) is 11.1 Å². The second-order valence-electron chi connectivity index (χ2n) is 11.6. The molecule has 0 bridgehead atoms. The molecule has 1 saturated carbocycles. The molecule has 1 saturated heterocycles. The molecule has 2 fully saturated rings. The largest absolute Gasteiger partial charge is 0.465 e. The molecular weight excluding hydrogens is 455 g/mol. The molecule has 0 unspecified atom stereocenters. The topological polar surface area (TPSA) is 69.6 Å². The number of amides is 2. The minimum absolute atomic E-state index is 0.00163. The molecule has 5 nitrogen and oxygen atoms in total. The Labute approximate surface area is 205 Å². The lowest BCUT2D eigenvalue weighted by molar-refractivity contribution is -0.136. The lowest BCUT2D eigenvalue weighted by atomic mass is 9.69. The fraction of sp³-hybridized carbons (Fsp3) is 0.481. The van der Waals surface area contributed by atoms with E-state index in [1.54, 1.807) is 36.4 Å². The van der Waals surface area contributed by atoms with Crippen LogP contribution in [0.2, 0.25) is 5.02 Å². The number of carbonyl (C=O) groups is 2. The van der Waals surface area contributed by atoms with Gasteiger partial charge >= 0.3 is 6.09 Å². The number of halogens is 2. The van der Waals surface area contributed by atoms with Crippen LogP contribution in [-0.4, -0.2) is 33.1 Å². The van der Waals surface area contributed by atoms with Crippen molar-refractivity contribution in [3.05, 3.63) is 53.3 Å². The number of fused-ring (bicyclic) bond motifs is 1. The summed E-state index contributed by atoms with van der Waals surface area (Å²) in [7, 11) is 0. The molecule has 1 heterocycles. The van der Waals surface area contributed by atoms with Crippen LogP contribution in [-0.2, 0) is 4.79 Å². The van der Waals surface area contributed by atoms with E-state index in [1.807, 2.05) is 41.5 Å². The number of carboxylic acid groups (broad SMARTS) is 1. The number of likely N-dealkylation sites (tertiary alicyclic amines) is 1. The van der Waals surface area contributed by atoms with E-state index in [0.29, 0.717) is 17.0 Å². The number of hydrogen-bond donors (Lipinski definition) is 2. The average Bonchev–Trinajstić information content (AvgIpc) is 3.34. The third-order valence-corrected chi connectivity index (χ3v) is 8.24. The van der Waals surface area contributed by atoms with Crippen molar-refractivity contribution in [1.82, 2.24) is 4.90 Å². The van der Waals surface area contributed by atoms with E-state index >= 15 is 4.39 Å². The zero-order chi connectivity index (χ0) is 25.3. The molecule has 0 aromatic heterocycles. The Hall–Kier alpha value is -2.60. The Balaban J connectivity index is 1.78. The Morgan fingerprint density at radius 2 is 1.62 bits per heavy atom. The first kappa shape index (κ1) is 24.5. The summed E-state index contributed by atoms with van der Waals surface area (Å²) in [6.45, 7) is 11.7. The van der Waals surface area contributed by atoms with Gasteiger partial charge in [-0.2, -0.15) is 0 Å². The van der Waals surface area contributed by atoms with Gasteiger partial charge in [0.25, 0.3) is 5.91 Å². The predicted octanol–water partition coefficient (Wildman–Crippen LogP) is 7.06. The number of benzene rings is 2. The number of nitrogens with zero attached hydrogens (tertiary/aromatic N) is 1. The van der Waals surface area contributed by atoms with Gasteiger partial charge in [-0.05, 0) is 41.7 Å². The summed E-state index contributed by atoms with van der Waals surface area (Å²) in [5, 5.41) is 13.5. The van der Waals surface area contributed by atoms with Gasteiger partial charge in [0.15, 0.2) is 5.82 Å². The normalized spacial score (nSPS) is 26.2. The first-order valence-electron chi connectivity index (χ1n) is 11.6. The van der Waals surface area contributed by atoms with Gasteiger partial charge in [0.1, 0.15) is 5.54 Å². The van der Waals surface area contributed by atoms with E-state index in [4.69, 9.17) is 11.6 Å². The molecule has 0 spiro atoms. The van der Waals surface area contributed by atoms with E-state index in [1.165, 1.54) is 11.0 Å². The predicted molar refractivity (Wildman–Crippen MR) is 132 cm³/mol. The second-order valence-corrected chi connectivity index (χ2v) is 12.0. The van der Waals surface area contributed by atoms with Crippen molar-refractivity contribution in [2.75, 3.05) is 5.32 Å². The van der Waals surface area contributed by atoms with Gasteiger partial charge in [-0.1, -0.05) is 83.5 Å². The Morgan fingerprint density at radius 3 is 2.18 bits per heavy atom. The van der Waals surface area contributed by atoms with Crippen molar-refractivity contribution in [2.24, 2.45) is 16.7 Å². The van der Waals surface area contributed by atoms with Gasteiger partial charge in [-0.3, -0.25) is 9.69 Å². The number of carbonyl (C=O) groups excluding carboxylic acids is 1. The number of piperidine rings is 1. The van der Waals surface area contributed by atoms with Gasteiger partial charge < -0.3 is 10.4 Å². The number of nitrogens with one attached hydrogen (secondary N) is 1. The number of anilines is 1. The lowest BCUT2D eigenvalue weighted by Crippen LogP contribution is -2.67. The molecule has 0 radical (unpaired) electrons. The molecule has 2 aromatic carbocycles. The average molecular weight is 487 g/mol. The van der Waals surface area contributed by atoms with Crippen molar-refractivity contribution >= 4 is 29.3 Å². The first-order chi connectivity index (χ1) is 15.7. The molecule has 7 heteroatoms. The zero-order valence-corrected chi connectivity index (χ0v) is 21.3. The highest BCUT2D eigenvalue weighted by atomic mass is 35.5. The molecule has 182 valence electrons. The maximum atomic E-state index is 15.6. The fourth-order valence-electron chi connectivity index (χ4n) is 6.13. The Morgan fingerprint density at radius 1 is 1.00 bits per heavy atom. The molecule has 1 aliphatic heterocycles. The monoisotopic (exact) mass is 486 g/mol. The highest BCUT2D eigenvalue weighted by Gasteiger charge is 2.79. The van der Waals surface area contributed by atoms with E-state index in [9.17, 15) is 14.7 Å². The summed E-state index contributed by atoms with van der Waals surface area (Å²) in [6, 6.07) is 11.7. The quantitative estimate of drug-likeness (QED) is 0.488. The molecule has 2 aromatic rings. The summed E-state index contributed by atoms with van der Waals surface area (Å²) in [5.74, 6) is -1.04. The van der Waals surface area contributed by atoms with Crippen LogP contribution in [0.5, 0.6) is 0 Å². The number of rotatable bonds is 3. The van der Waals surface area contributed by atoms with E-state index in [-0.39, 0.29) is 22.6 Å². The Kier molecular flexibility index (Phi) is 5.56. The zero-order valence-electron chi connectivity index (χ0n) is 20.5. The highest BCUT2D eigenvalue weighted by molar-refractivity contribution is 6.33. The smallest absolute Gasteiger partial charge is 0.408 e. The van der Waals surface area contributed by atoms with E-state index < -0.39 is 34.3 Å². The molecule has 4 rings (SSSR count). The molecule has 2 amide bonds. The summed E-state index contributed by atoms with van der Waals surface area (Å²) in [5.41, 5.74) is -2.26. The van der Waals surface area contributed by atoms with Crippen LogP contribution in [0.3, 0.4) is 0 Å². The van der Waals surface area contributed by atoms with Crippen LogP contribution in [0.4, 0.5) is 14.9 Å². The number of hydrogen-bond acceptors (Lipinski definition) is 2. The van der Waals surface area contributed by atoms with Gasteiger partial charge in [-0.25, -0.2) is 9.18 Å². The minimum Gasteiger partial charge on any atom is -0.465 e.